The van der Waals surface area contributed by atoms with Crippen LogP contribution in [0, 0.1) is 6.92 Å². The Morgan fingerprint density at radius 2 is 1.85 bits per heavy atom. The number of aryl methyl sites for hydroxylation is 1. The number of benzene rings is 2. The van der Waals surface area contributed by atoms with Crippen LogP contribution in [-0.4, -0.2) is 27.5 Å². The maximum atomic E-state index is 12.5. The maximum absolute atomic E-state index is 12.5. The Morgan fingerprint density at radius 1 is 1.12 bits per heavy atom. The molecule has 5 nitrogen and oxygen atoms in total. The molecule has 3 aromatic rings. The molecule has 132 valence electrons. The molecular formula is C21H21N3O2. The molecule has 1 fully saturated rings. The van der Waals surface area contributed by atoms with E-state index in [2.05, 4.69) is 17.1 Å². The lowest BCUT2D eigenvalue weighted by atomic mass is 10.1. The van der Waals surface area contributed by atoms with Crippen LogP contribution < -0.4 is 0 Å². The highest BCUT2D eigenvalue weighted by Gasteiger charge is 2.37. The fourth-order valence-electron chi connectivity index (χ4n) is 3.40. The van der Waals surface area contributed by atoms with Gasteiger partial charge in [0.25, 0.3) is 0 Å². The van der Waals surface area contributed by atoms with Crippen molar-refractivity contribution in [3.63, 3.8) is 0 Å². The number of aromatic nitrogens is 2. The van der Waals surface area contributed by atoms with E-state index in [4.69, 9.17) is 4.52 Å². The van der Waals surface area contributed by atoms with Gasteiger partial charge in [-0.3, -0.25) is 4.79 Å². The molecule has 2 unspecified atom stereocenters. The van der Waals surface area contributed by atoms with Crippen molar-refractivity contribution in [1.29, 1.82) is 0 Å². The standard InChI is InChI=1S/C21H21N3O2/c1-14-8-10-17(11-9-14)20-22-21(26-23-20)18-12-19(25)24(13-18)15(2)16-6-4-3-5-7-16/h3-11,15,18H,12-13H2,1-2H3. The highest BCUT2D eigenvalue weighted by molar-refractivity contribution is 5.80. The summed E-state index contributed by atoms with van der Waals surface area (Å²) < 4.78 is 5.48. The largest absolute Gasteiger partial charge is 0.339 e. The topological polar surface area (TPSA) is 59.2 Å². The van der Waals surface area contributed by atoms with Gasteiger partial charge in [0.1, 0.15) is 0 Å². The number of nitrogens with zero attached hydrogens (tertiary/aromatic N) is 3. The number of carbonyl (C=O) groups excluding carboxylic acids is 1. The van der Waals surface area contributed by atoms with Gasteiger partial charge in [-0.05, 0) is 19.4 Å². The fraction of sp³-hybridized carbons (Fsp3) is 0.286. The lowest BCUT2D eigenvalue weighted by Crippen LogP contribution is -2.28. The molecule has 2 aromatic carbocycles. The predicted molar refractivity (Wildman–Crippen MR) is 98.4 cm³/mol. The molecule has 1 aliphatic rings. The normalized spacial score (nSPS) is 18.3. The highest BCUT2D eigenvalue weighted by Crippen LogP contribution is 2.33. The van der Waals surface area contributed by atoms with E-state index in [1.807, 2.05) is 66.4 Å². The van der Waals surface area contributed by atoms with E-state index >= 15 is 0 Å². The fourth-order valence-corrected chi connectivity index (χ4v) is 3.40. The number of hydrogen-bond acceptors (Lipinski definition) is 4. The lowest BCUT2D eigenvalue weighted by Gasteiger charge is -2.24. The SMILES string of the molecule is Cc1ccc(-c2noc(C3CC(=O)N(C(C)c4ccccc4)C3)n2)cc1. The van der Waals surface area contributed by atoms with Crippen molar-refractivity contribution in [2.75, 3.05) is 6.54 Å². The minimum Gasteiger partial charge on any atom is -0.339 e. The first kappa shape index (κ1) is 16.5. The Kier molecular flexibility index (Phi) is 4.29. The van der Waals surface area contributed by atoms with Gasteiger partial charge >= 0.3 is 0 Å². The smallest absolute Gasteiger partial charge is 0.232 e. The molecule has 0 radical (unpaired) electrons. The van der Waals surface area contributed by atoms with Crippen molar-refractivity contribution in [3.8, 4) is 11.4 Å². The Hall–Kier alpha value is -2.95. The third-order valence-electron chi connectivity index (χ3n) is 5.01. The van der Waals surface area contributed by atoms with Crippen LogP contribution in [0.3, 0.4) is 0 Å². The molecule has 0 spiro atoms. The molecule has 4 rings (SSSR count). The van der Waals surface area contributed by atoms with Crippen LogP contribution in [-0.2, 0) is 4.79 Å². The summed E-state index contributed by atoms with van der Waals surface area (Å²) in [6.45, 7) is 4.70. The second kappa shape index (κ2) is 6.75. The Bertz CT molecular complexity index is 903. The van der Waals surface area contributed by atoms with Gasteiger partial charge in [-0.2, -0.15) is 4.98 Å². The van der Waals surface area contributed by atoms with Crippen LogP contribution in [0.2, 0.25) is 0 Å². The van der Waals surface area contributed by atoms with Gasteiger partial charge in [0.2, 0.25) is 17.6 Å². The molecule has 1 aliphatic heterocycles. The zero-order valence-electron chi connectivity index (χ0n) is 14.9. The van der Waals surface area contributed by atoms with E-state index in [1.54, 1.807) is 0 Å². The molecule has 0 aliphatic carbocycles. The van der Waals surface area contributed by atoms with Crippen LogP contribution >= 0.6 is 0 Å². The van der Waals surface area contributed by atoms with Crippen molar-refractivity contribution < 1.29 is 9.32 Å². The summed E-state index contributed by atoms with van der Waals surface area (Å²) >= 11 is 0. The number of hydrogen-bond donors (Lipinski definition) is 0. The molecule has 1 aromatic heterocycles. The number of amides is 1. The molecule has 5 heteroatoms. The first-order chi connectivity index (χ1) is 12.6. The second-order valence-electron chi connectivity index (χ2n) is 6.86. The van der Waals surface area contributed by atoms with E-state index in [-0.39, 0.29) is 17.9 Å². The van der Waals surface area contributed by atoms with Crippen LogP contribution in [0.4, 0.5) is 0 Å². The summed E-state index contributed by atoms with van der Waals surface area (Å²) in [6, 6.07) is 18.1. The van der Waals surface area contributed by atoms with Gasteiger partial charge in [0.05, 0.1) is 12.0 Å². The van der Waals surface area contributed by atoms with Gasteiger partial charge in [-0.1, -0.05) is 65.3 Å². The summed E-state index contributed by atoms with van der Waals surface area (Å²) in [5.74, 6) is 1.18. The van der Waals surface area contributed by atoms with Crippen LogP contribution in [0.1, 0.15) is 42.3 Å². The van der Waals surface area contributed by atoms with E-state index in [0.29, 0.717) is 24.7 Å². The van der Waals surface area contributed by atoms with Gasteiger partial charge in [0, 0.05) is 18.5 Å². The van der Waals surface area contributed by atoms with E-state index in [0.717, 1.165) is 11.1 Å². The van der Waals surface area contributed by atoms with Gasteiger partial charge < -0.3 is 9.42 Å². The van der Waals surface area contributed by atoms with Crippen molar-refractivity contribution in [1.82, 2.24) is 15.0 Å². The molecule has 1 amide bonds. The summed E-state index contributed by atoms with van der Waals surface area (Å²) in [5, 5.41) is 4.10. The zero-order chi connectivity index (χ0) is 18.1. The summed E-state index contributed by atoms with van der Waals surface area (Å²) in [7, 11) is 0. The van der Waals surface area contributed by atoms with Gasteiger partial charge in [-0.15, -0.1) is 0 Å². The summed E-state index contributed by atoms with van der Waals surface area (Å²) in [4.78, 5) is 19.0. The minimum absolute atomic E-state index is 0.0354. The molecule has 0 saturated carbocycles. The first-order valence-corrected chi connectivity index (χ1v) is 8.87. The Morgan fingerprint density at radius 3 is 2.58 bits per heavy atom. The van der Waals surface area contributed by atoms with Crippen LogP contribution in [0.25, 0.3) is 11.4 Å². The van der Waals surface area contributed by atoms with Gasteiger partial charge in [0.15, 0.2) is 0 Å². The van der Waals surface area contributed by atoms with Crippen LogP contribution in [0.5, 0.6) is 0 Å². The van der Waals surface area contributed by atoms with E-state index in [9.17, 15) is 4.79 Å². The quantitative estimate of drug-likeness (QED) is 0.712. The minimum atomic E-state index is -0.0552. The monoisotopic (exact) mass is 347 g/mol. The van der Waals surface area contributed by atoms with Gasteiger partial charge in [-0.25, -0.2) is 0 Å². The molecule has 2 heterocycles. The average Bonchev–Trinajstić information content (AvgIpc) is 3.29. The first-order valence-electron chi connectivity index (χ1n) is 8.87. The third kappa shape index (κ3) is 3.12. The predicted octanol–water partition coefficient (Wildman–Crippen LogP) is 4.12. The second-order valence-corrected chi connectivity index (χ2v) is 6.86. The number of likely N-dealkylation sites (tertiary alicyclic amines) is 1. The maximum Gasteiger partial charge on any atom is 0.232 e. The molecule has 1 saturated heterocycles. The van der Waals surface area contributed by atoms with E-state index in [1.165, 1.54) is 5.56 Å². The zero-order valence-corrected chi connectivity index (χ0v) is 14.9. The van der Waals surface area contributed by atoms with E-state index < -0.39 is 0 Å². The van der Waals surface area contributed by atoms with Crippen molar-refractivity contribution in [2.24, 2.45) is 0 Å². The molecule has 2 atom stereocenters. The van der Waals surface area contributed by atoms with Crippen molar-refractivity contribution in [3.05, 3.63) is 71.6 Å². The third-order valence-corrected chi connectivity index (χ3v) is 5.01. The summed E-state index contributed by atoms with van der Waals surface area (Å²) in [6.07, 6.45) is 0.409. The Labute approximate surface area is 152 Å². The molecule has 26 heavy (non-hydrogen) atoms. The molecular weight excluding hydrogens is 326 g/mol. The molecule has 0 bridgehead atoms. The van der Waals surface area contributed by atoms with Crippen molar-refractivity contribution >= 4 is 5.91 Å². The average molecular weight is 347 g/mol. The van der Waals surface area contributed by atoms with Crippen LogP contribution in [0.15, 0.2) is 59.1 Å². The Balaban J connectivity index is 1.51. The summed E-state index contributed by atoms with van der Waals surface area (Å²) in [5.41, 5.74) is 3.24. The molecule has 0 N–H and O–H groups in total. The highest BCUT2D eigenvalue weighted by atomic mass is 16.5. The number of rotatable bonds is 4. The van der Waals surface area contributed by atoms with Crippen molar-refractivity contribution in [2.45, 2.75) is 32.2 Å². The number of carbonyl (C=O) groups is 1. The lowest BCUT2D eigenvalue weighted by molar-refractivity contribution is -0.129.